The third-order valence-electron chi connectivity index (χ3n) is 7.50. The number of aryl methyl sites for hydroxylation is 1. The van der Waals surface area contributed by atoms with Gasteiger partial charge in [-0.3, -0.25) is 14.7 Å². The van der Waals surface area contributed by atoms with Crippen LogP contribution in [0.1, 0.15) is 53.5 Å². The van der Waals surface area contributed by atoms with Crippen LogP contribution in [0.5, 0.6) is 11.5 Å². The number of pyridine rings is 1. The molecule has 0 saturated heterocycles. The lowest BCUT2D eigenvalue weighted by atomic mass is 9.85. The average Bonchev–Trinajstić information content (AvgIpc) is 3.10. The number of aromatic nitrogens is 1. The van der Waals surface area contributed by atoms with Gasteiger partial charge in [0.15, 0.2) is 0 Å². The lowest BCUT2D eigenvalue weighted by molar-refractivity contribution is 0.0756. The largest absolute Gasteiger partial charge is 0.506 e. The third kappa shape index (κ3) is 5.28. The number of carbonyl (C=O) groups excluding carboxylic acids is 1. The van der Waals surface area contributed by atoms with Crippen molar-refractivity contribution in [2.24, 2.45) is 5.41 Å². The highest BCUT2D eigenvalue weighted by atomic mass is 19.1. The van der Waals surface area contributed by atoms with Crippen molar-refractivity contribution >= 4 is 17.3 Å². The van der Waals surface area contributed by atoms with Crippen LogP contribution in [0.4, 0.5) is 15.8 Å². The first-order valence-electron chi connectivity index (χ1n) is 13.9. The van der Waals surface area contributed by atoms with Crippen LogP contribution in [0.25, 0.3) is 0 Å². The number of anilines is 2. The van der Waals surface area contributed by atoms with Crippen molar-refractivity contribution < 1.29 is 23.8 Å². The quantitative estimate of drug-likeness (QED) is 0.247. The molecule has 2 N–H and O–H groups in total. The Labute approximate surface area is 244 Å². The van der Waals surface area contributed by atoms with Gasteiger partial charge in [0.2, 0.25) is 0 Å². The number of nitrogens with zero attached hydrogens (tertiary/aromatic N) is 2. The highest BCUT2D eigenvalue weighted by Gasteiger charge is 2.43. The summed E-state index contributed by atoms with van der Waals surface area (Å²) in [6.45, 7) is 6.68. The van der Waals surface area contributed by atoms with Gasteiger partial charge < -0.3 is 19.9 Å². The SMILES string of the molecule is Cc1ccnc(C(=O)N2c3cccc(O)c3NC3=C(OCC(C)(C)C3)C2c2ccc(OCc3ccccc3)cc2F)c1. The van der Waals surface area contributed by atoms with Crippen LogP contribution in [0.3, 0.4) is 0 Å². The molecule has 0 fully saturated rings. The van der Waals surface area contributed by atoms with Crippen molar-refractivity contribution in [3.8, 4) is 11.5 Å². The number of benzene rings is 3. The molecule has 1 amide bonds. The highest BCUT2D eigenvalue weighted by Crippen LogP contribution is 2.50. The number of phenolic OH excluding ortho intramolecular Hbond substituents is 1. The molecule has 1 aromatic heterocycles. The first kappa shape index (κ1) is 27.3. The van der Waals surface area contributed by atoms with Crippen LogP contribution in [-0.4, -0.2) is 22.6 Å². The minimum atomic E-state index is -0.982. The maximum atomic E-state index is 16.2. The Balaban J connectivity index is 1.50. The topological polar surface area (TPSA) is 83.9 Å². The number of aromatic hydroxyl groups is 1. The molecule has 7 nitrogen and oxygen atoms in total. The summed E-state index contributed by atoms with van der Waals surface area (Å²) in [5.41, 5.74) is 3.41. The van der Waals surface area contributed by atoms with E-state index in [-0.39, 0.29) is 29.0 Å². The minimum absolute atomic E-state index is 0.0384. The van der Waals surface area contributed by atoms with E-state index < -0.39 is 17.8 Å². The predicted molar refractivity (Wildman–Crippen MR) is 159 cm³/mol. The fourth-order valence-electron chi connectivity index (χ4n) is 5.43. The van der Waals surface area contributed by atoms with Gasteiger partial charge in [-0.25, -0.2) is 4.39 Å². The second kappa shape index (κ2) is 10.9. The van der Waals surface area contributed by atoms with E-state index in [1.165, 1.54) is 11.0 Å². The summed E-state index contributed by atoms with van der Waals surface area (Å²) in [5.74, 6) is -0.262. The molecule has 2 aliphatic rings. The van der Waals surface area contributed by atoms with E-state index in [9.17, 15) is 9.90 Å². The summed E-state index contributed by atoms with van der Waals surface area (Å²) in [5, 5.41) is 14.3. The maximum absolute atomic E-state index is 16.2. The zero-order valence-corrected chi connectivity index (χ0v) is 23.7. The smallest absolute Gasteiger partial charge is 0.277 e. The maximum Gasteiger partial charge on any atom is 0.277 e. The number of halogens is 1. The number of phenols is 1. The van der Waals surface area contributed by atoms with Crippen LogP contribution in [0.15, 0.2) is 96.5 Å². The number of amides is 1. The van der Waals surface area contributed by atoms with Gasteiger partial charge in [-0.1, -0.05) is 50.2 Å². The van der Waals surface area contributed by atoms with E-state index in [1.54, 1.807) is 48.7 Å². The summed E-state index contributed by atoms with van der Waals surface area (Å²) in [7, 11) is 0. The molecule has 1 unspecified atom stereocenters. The van der Waals surface area contributed by atoms with Gasteiger partial charge in [0, 0.05) is 23.2 Å². The van der Waals surface area contributed by atoms with Crippen LogP contribution >= 0.6 is 0 Å². The fourth-order valence-corrected chi connectivity index (χ4v) is 5.43. The predicted octanol–water partition coefficient (Wildman–Crippen LogP) is 7.29. The third-order valence-corrected chi connectivity index (χ3v) is 7.50. The summed E-state index contributed by atoms with van der Waals surface area (Å²) < 4.78 is 28.4. The monoisotopic (exact) mass is 565 g/mol. The molecular formula is C34H32FN3O4. The van der Waals surface area contributed by atoms with Crippen molar-refractivity contribution in [1.82, 2.24) is 4.98 Å². The van der Waals surface area contributed by atoms with Crippen molar-refractivity contribution in [2.75, 3.05) is 16.8 Å². The zero-order chi connectivity index (χ0) is 29.4. The Hall–Kier alpha value is -4.85. The molecule has 0 radical (unpaired) electrons. The molecule has 4 aromatic rings. The van der Waals surface area contributed by atoms with Crippen molar-refractivity contribution in [1.29, 1.82) is 0 Å². The zero-order valence-electron chi connectivity index (χ0n) is 23.7. The number of rotatable bonds is 5. The van der Waals surface area contributed by atoms with Crippen LogP contribution in [0, 0.1) is 18.2 Å². The molecule has 2 aliphatic heterocycles. The second-order valence-corrected chi connectivity index (χ2v) is 11.5. The molecule has 0 aliphatic carbocycles. The summed E-state index contributed by atoms with van der Waals surface area (Å²) in [6, 6.07) is 21.7. The Morgan fingerprint density at radius 1 is 1.12 bits per heavy atom. The molecule has 8 heteroatoms. The van der Waals surface area contributed by atoms with E-state index in [4.69, 9.17) is 9.47 Å². The summed E-state index contributed by atoms with van der Waals surface area (Å²) in [4.78, 5) is 20.1. The molecule has 0 bridgehead atoms. The number of nitrogens with one attached hydrogen (secondary N) is 1. The first-order valence-corrected chi connectivity index (χ1v) is 13.9. The van der Waals surface area contributed by atoms with Gasteiger partial charge in [-0.2, -0.15) is 0 Å². The molecule has 42 heavy (non-hydrogen) atoms. The number of carbonyl (C=O) groups is 1. The minimum Gasteiger partial charge on any atom is -0.506 e. The number of fused-ring (bicyclic) bond motifs is 1. The Bertz CT molecular complexity index is 1690. The van der Waals surface area contributed by atoms with Crippen LogP contribution < -0.4 is 15.0 Å². The van der Waals surface area contributed by atoms with Gasteiger partial charge in [-0.15, -0.1) is 0 Å². The van der Waals surface area contributed by atoms with Crippen molar-refractivity contribution in [2.45, 2.75) is 39.8 Å². The number of allylic oxidation sites excluding steroid dienone is 1. The van der Waals surface area contributed by atoms with E-state index >= 15 is 4.39 Å². The van der Waals surface area contributed by atoms with Crippen molar-refractivity contribution in [3.63, 3.8) is 0 Å². The van der Waals surface area contributed by atoms with Gasteiger partial charge in [0.1, 0.15) is 47.1 Å². The van der Waals surface area contributed by atoms with Crippen LogP contribution in [0.2, 0.25) is 0 Å². The first-order chi connectivity index (χ1) is 20.2. The van der Waals surface area contributed by atoms with E-state index in [0.29, 0.717) is 41.6 Å². The Kier molecular flexibility index (Phi) is 7.06. The van der Waals surface area contributed by atoms with E-state index in [0.717, 1.165) is 11.1 Å². The fraction of sp³-hybridized carbons (Fsp3) is 0.235. The molecule has 6 rings (SSSR count). The molecule has 1 atom stereocenters. The molecule has 3 heterocycles. The Morgan fingerprint density at radius 3 is 2.69 bits per heavy atom. The standard InChI is InChI=1S/C34H32FN3O4/c1-21-14-15-36-26(16-21)33(40)38-28-10-7-11-29(39)30(28)37-27-18-34(2,3)20-42-32(27)31(38)24-13-12-23(17-25(24)35)41-19-22-8-5-4-6-9-22/h4-17,31,37,39H,18-20H2,1-3H3. The van der Waals surface area contributed by atoms with E-state index in [1.807, 2.05) is 37.3 Å². The number of para-hydroxylation sites is 1. The molecule has 0 saturated carbocycles. The van der Waals surface area contributed by atoms with Crippen LogP contribution in [-0.2, 0) is 11.3 Å². The Morgan fingerprint density at radius 2 is 1.93 bits per heavy atom. The molecule has 0 spiro atoms. The lowest BCUT2D eigenvalue weighted by Gasteiger charge is -2.38. The molecule has 214 valence electrons. The van der Waals surface area contributed by atoms with Gasteiger partial charge in [0.25, 0.3) is 5.91 Å². The van der Waals surface area contributed by atoms with Gasteiger partial charge in [0.05, 0.1) is 18.0 Å². The number of hydrogen-bond acceptors (Lipinski definition) is 6. The van der Waals surface area contributed by atoms with Gasteiger partial charge in [-0.05, 0) is 60.9 Å². The second-order valence-electron chi connectivity index (χ2n) is 11.5. The van der Waals surface area contributed by atoms with Gasteiger partial charge >= 0.3 is 0 Å². The van der Waals surface area contributed by atoms with Crippen molar-refractivity contribution in [3.05, 3.63) is 125 Å². The number of hydrogen-bond donors (Lipinski definition) is 2. The highest BCUT2D eigenvalue weighted by molar-refractivity contribution is 6.08. The number of ether oxygens (including phenoxy) is 2. The summed E-state index contributed by atoms with van der Waals surface area (Å²) in [6.07, 6.45) is 2.14. The molecular weight excluding hydrogens is 533 g/mol. The molecule has 3 aromatic carbocycles. The summed E-state index contributed by atoms with van der Waals surface area (Å²) >= 11 is 0. The van der Waals surface area contributed by atoms with E-state index in [2.05, 4.69) is 24.1 Å². The average molecular weight is 566 g/mol. The lowest BCUT2D eigenvalue weighted by Crippen LogP contribution is -2.39. The normalized spacial score (nSPS) is 17.3.